The molecule has 3 aromatic rings. The van der Waals surface area contributed by atoms with E-state index in [9.17, 15) is 9.59 Å². The van der Waals surface area contributed by atoms with Crippen molar-refractivity contribution in [1.82, 2.24) is 0 Å². The number of anilines is 2. The number of rotatable bonds is 5. The highest BCUT2D eigenvalue weighted by Crippen LogP contribution is 2.28. The summed E-state index contributed by atoms with van der Waals surface area (Å²) < 4.78 is 5.22. The molecule has 0 aliphatic carbocycles. The molecule has 0 fully saturated rings. The maximum Gasteiger partial charge on any atom is 0.255 e. The minimum atomic E-state index is -0.309. The average Bonchev–Trinajstić information content (AvgIpc) is 2.69. The highest BCUT2D eigenvalue weighted by Gasteiger charge is 2.11. The quantitative estimate of drug-likeness (QED) is 0.664. The standard InChI is InChI=1S/C21H17ClN2O3/c1-27-19-12-9-16(22)13-18(19)24-21(26)15-7-10-17(11-8-15)23-20(25)14-5-3-2-4-6-14/h2-13H,1H3,(H,23,25)(H,24,26). The second-order valence-corrected chi connectivity index (χ2v) is 6.13. The van der Waals surface area contributed by atoms with E-state index in [4.69, 9.17) is 16.3 Å². The molecule has 27 heavy (non-hydrogen) atoms. The number of methoxy groups -OCH3 is 1. The number of carbonyl (C=O) groups is 2. The molecule has 0 atom stereocenters. The second-order valence-electron chi connectivity index (χ2n) is 5.70. The Balaban J connectivity index is 1.69. The maximum absolute atomic E-state index is 12.5. The van der Waals surface area contributed by atoms with Gasteiger partial charge in [0.15, 0.2) is 0 Å². The van der Waals surface area contributed by atoms with Gasteiger partial charge in [-0.15, -0.1) is 0 Å². The van der Waals surface area contributed by atoms with E-state index in [1.165, 1.54) is 7.11 Å². The summed E-state index contributed by atoms with van der Waals surface area (Å²) in [5.74, 6) is -0.00698. The Morgan fingerprint density at radius 3 is 2.11 bits per heavy atom. The molecule has 0 aliphatic rings. The van der Waals surface area contributed by atoms with Gasteiger partial charge in [0.05, 0.1) is 12.8 Å². The van der Waals surface area contributed by atoms with Gasteiger partial charge in [-0.3, -0.25) is 9.59 Å². The van der Waals surface area contributed by atoms with Crippen LogP contribution in [-0.2, 0) is 0 Å². The van der Waals surface area contributed by atoms with Crippen molar-refractivity contribution >= 4 is 34.8 Å². The number of halogens is 1. The Morgan fingerprint density at radius 2 is 1.44 bits per heavy atom. The van der Waals surface area contributed by atoms with Crippen molar-refractivity contribution < 1.29 is 14.3 Å². The fourth-order valence-electron chi connectivity index (χ4n) is 2.47. The highest BCUT2D eigenvalue weighted by molar-refractivity contribution is 6.31. The summed E-state index contributed by atoms with van der Waals surface area (Å²) >= 11 is 5.98. The lowest BCUT2D eigenvalue weighted by Crippen LogP contribution is -2.14. The van der Waals surface area contributed by atoms with Gasteiger partial charge >= 0.3 is 0 Å². The third-order valence-electron chi connectivity index (χ3n) is 3.85. The van der Waals surface area contributed by atoms with E-state index in [0.29, 0.717) is 33.3 Å². The zero-order valence-corrected chi connectivity index (χ0v) is 15.3. The first-order chi connectivity index (χ1) is 13.1. The summed E-state index contributed by atoms with van der Waals surface area (Å²) in [5, 5.41) is 6.05. The van der Waals surface area contributed by atoms with Crippen LogP contribution in [0, 0.1) is 0 Å². The predicted molar refractivity (Wildman–Crippen MR) is 107 cm³/mol. The van der Waals surface area contributed by atoms with Crippen LogP contribution < -0.4 is 15.4 Å². The van der Waals surface area contributed by atoms with Gasteiger partial charge in [0.1, 0.15) is 5.75 Å². The molecule has 2 amide bonds. The monoisotopic (exact) mass is 380 g/mol. The van der Waals surface area contributed by atoms with Crippen molar-refractivity contribution in [1.29, 1.82) is 0 Å². The number of nitrogens with one attached hydrogen (secondary N) is 2. The molecule has 0 radical (unpaired) electrons. The van der Waals surface area contributed by atoms with Crippen LogP contribution in [0.3, 0.4) is 0 Å². The normalized spacial score (nSPS) is 10.1. The van der Waals surface area contributed by atoms with Crippen LogP contribution in [0.5, 0.6) is 5.75 Å². The van der Waals surface area contributed by atoms with Crippen molar-refractivity contribution in [2.75, 3.05) is 17.7 Å². The summed E-state index contributed by atoms with van der Waals surface area (Å²) in [6.45, 7) is 0. The smallest absolute Gasteiger partial charge is 0.255 e. The Morgan fingerprint density at radius 1 is 0.815 bits per heavy atom. The zero-order valence-electron chi connectivity index (χ0n) is 14.5. The van der Waals surface area contributed by atoms with Gasteiger partial charge in [0.2, 0.25) is 0 Å². The molecular weight excluding hydrogens is 364 g/mol. The van der Waals surface area contributed by atoms with E-state index in [0.717, 1.165) is 0 Å². The Kier molecular flexibility index (Phi) is 5.74. The Hall–Kier alpha value is -3.31. The first kappa shape index (κ1) is 18.5. The molecule has 0 aromatic heterocycles. The molecule has 136 valence electrons. The number of hydrogen-bond acceptors (Lipinski definition) is 3. The van der Waals surface area contributed by atoms with Gasteiger partial charge < -0.3 is 15.4 Å². The van der Waals surface area contributed by atoms with Gasteiger partial charge in [-0.05, 0) is 54.6 Å². The van der Waals surface area contributed by atoms with E-state index < -0.39 is 0 Å². The van der Waals surface area contributed by atoms with Crippen LogP contribution in [0.2, 0.25) is 5.02 Å². The van der Waals surface area contributed by atoms with Crippen LogP contribution in [0.1, 0.15) is 20.7 Å². The molecule has 0 unspecified atom stereocenters. The summed E-state index contributed by atoms with van der Waals surface area (Å²) in [6, 6.07) is 20.5. The summed E-state index contributed by atoms with van der Waals surface area (Å²) in [7, 11) is 1.52. The van der Waals surface area contributed by atoms with Gasteiger partial charge in [-0.1, -0.05) is 29.8 Å². The molecule has 6 heteroatoms. The number of hydrogen-bond donors (Lipinski definition) is 2. The molecule has 5 nitrogen and oxygen atoms in total. The lowest BCUT2D eigenvalue weighted by Gasteiger charge is -2.11. The van der Waals surface area contributed by atoms with E-state index >= 15 is 0 Å². The Bertz CT molecular complexity index is 957. The number of amides is 2. The topological polar surface area (TPSA) is 67.4 Å². The van der Waals surface area contributed by atoms with E-state index in [-0.39, 0.29) is 11.8 Å². The molecule has 0 aliphatic heterocycles. The first-order valence-corrected chi connectivity index (χ1v) is 8.56. The van der Waals surface area contributed by atoms with E-state index in [1.807, 2.05) is 6.07 Å². The molecule has 2 N–H and O–H groups in total. The third-order valence-corrected chi connectivity index (χ3v) is 4.09. The number of carbonyl (C=O) groups excluding carboxylic acids is 2. The summed E-state index contributed by atoms with van der Waals surface area (Å²) in [4.78, 5) is 24.6. The van der Waals surface area contributed by atoms with Gasteiger partial charge in [0.25, 0.3) is 11.8 Å². The number of ether oxygens (including phenoxy) is 1. The molecule has 0 spiro atoms. The van der Waals surface area contributed by atoms with Crippen LogP contribution >= 0.6 is 11.6 Å². The molecular formula is C21H17ClN2O3. The second kappa shape index (κ2) is 8.38. The minimum Gasteiger partial charge on any atom is -0.495 e. The lowest BCUT2D eigenvalue weighted by atomic mass is 10.1. The zero-order chi connectivity index (χ0) is 19.2. The molecule has 0 bridgehead atoms. The summed E-state index contributed by atoms with van der Waals surface area (Å²) in [6.07, 6.45) is 0. The fourth-order valence-corrected chi connectivity index (χ4v) is 2.64. The van der Waals surface area contributed by atoms with Gasteiger partial charge in [-0.25, -0.2) is 0 Å². The Labute approximate surface area is 161 Å². The largest absolute Gasteiger partial charge is 0.495 e. The van der Waals surface area contributed by atoms with Crippen LogP contribution in [-0.4, -0.2) is 18.9 Å². The van der Waals surface area contributed by atoms with Crippen molar-refractivity contribution in [2.45, 2.75) is 0 Å². The lowest BCUT2D eigenvalue weighted by molar-refractivity contribution is 0.101. The van der Waals surface area contributed by atoms with Crippen molar-refractivity contribution in [3.63, 3.8) is 0 Å². The van der Waals surface area contributed by atoms with Crippen LogP contribution in [0.15, 0.2) is 72.8 Å². The fraction of sp³-hybridized carbons (Fsp3) is 0.0476. The molecule has 3 aromatic carbocycles. The third kappa shape index (κ3) is 4.65. The molecule has 0 heterocycles. The molecule has 3 rings (SSSR count). The SMILES string of the molecule is COc1ccc(Cl)cc1NC(=O)c1ccc(NC(=O)c2ccccc2)cc1. The van der Waals surface area contributed by atoms with E-state index in [1.54, 1.807) is 66.7 Å². The predicted octanol–water partition coefficient (Wildman–Crippen LogP) is 4.85. The van der Waals surface area contributed by atoms with Crippen molar-refractivity contribution in [2.24, 2.45) is 0 Å². The van der Waals surface area contributed by atoms with Crippen molar-refractivity contribution in [3.05, 3.63) is 88.9 Å². The molecule has 0 saturated heterocycles. The van der Waals surface area contributed by atoms with E-state index in [2.05, 4.69) is 10.6 Å². The van der Waals surface area contributed by atoms with Crippen molar-refractivity contribution in [3.8, 4) is 5.75 Å². The number of benzene rings is 3. The highest BCUT2D eigenvalue weighted by atomic mass is 35.5. The maximum atomic E-state index is 12.5. The van der Waals surface area contributed by atoms with Crippen LogP contribution in [0.25, 0.3) is 0 Å². The summed E-state index contributed by atoms with van der Waals surface area (Å²) in [5.41, 5.74) is 2.08. The molecule has 0 saturated carbocycles. The van der Waals surface area contributed by atoms with Crippen LogP contribution in [0.4, 0.5) is 11.4 Å². The van der Waals surface area contributed by atoms with Gasteiger partial charge in [0, 0.05) is 21.8 Å². The van der Waals surface area contributed by atoms with Gasteiger partial charge in [-0.2, -0.15) is 0 Å². The first-order valence-electron chi connectivity index (χ1n) is 8.18. The average molecular weight is 381 g/mol. The minimum absolute atomic E-state index is 0.212.